The Morgan fingerprint density at radius 1 is 1.36 bits per heavy atom. The molecular formula is C16H19ClN2O3. The molecule has 6 heteroatoms. The van der Waals surface area contributed by atoms with Crippen LogP contribution >= 0.6 is 11.6 Å². The zero-order valence-electron chi connectivity index (χ0n) is 12.3. The molecule has 2 saturated heterocycles. The molecule has 2 fully saturated rings. The van der Waals surface area contributed by atoms with Gasteiger partial charge in [0.05, 0.1) is 12.0 Å². The van der Waals surface area contributed by atoms with Crippen molar-refractivity contribution >= 4 is 29.1 Å². The van der Waals surface area contributed by atoms with Gasteiger partial charge >= 0.3 is 0 Å². The van der Waals surface area contributed by atoms with Crippen LogP contribution in [0.1, 0.15) is 19.3 Å². The highest BCUT2D eigenvalue weighted by atomic mass is 35.5. The number of nitrogens with zero attached hydrogens (tertiary/aromatic N) is 1. The first-order valence-electron chi connectivity index (χ1n) is 7.59. The van der Waals surface area contributed by atoms with Crippen molar-refractivity contribution in [2.24, 2.45) is 5.92 Å². The van der Waals surface area contributed by atoms with Crippen molar-refractivity contribution in [3.63, 3.8) is 0 Å². The quantitative estimate of drug-likeness (QED) is 0.922. The molecule has 1 aromatic rings. The van der Waals surface area contributed by atoms with Crippen LogP contribution in [-0.2, 0) is 14.3 Å². The van der Waals surface area contributed by atoms with Crippen molar-refractivity contribution in [1.29, 1.82) is 0 Å². The van der Waals surface area contributed by atoms with Crippen LogP contribution in [0.15, 0.2) is 24.3 Å². The summed E-state index contributed by atoms with van der Waals surface area (Å²) < 4.78 is 5.48. The highest BCUT2D eigenvalue weighted by molar-refractivity contribution is 6.30. The van der Waals surface area contributed by atoms with E-state index >= 15 is 0 Å². The van der Waals surface area contributed by atoms with Gasteiger partial charge in [-0.2, -0.15) is 0 Å². The molecule has 0 spiro atoms. The lowest BCUT2D eigenvalue weighted by atomic mass is 10.1. The average Bonchev–Trinajstić information content (AvgIpc) is 3.15. The summed E-state index contributed by atoms with van der Waals surface area (Å²) in [6.45, 7) is 1.72. The molecule has 0 aromatic heterocycles. The van der Waals surface area contributed by atoms with Gasteiger partial charge in [0, 0.05) is 36.8 Å². The number of benzene rings is 1. The van der Waals surface area contributed by atoms with E-state index in [2.05, 4.69) is 5.32 Å². The van der Waals surface area contributed by atoms with Crippen molar-refractivity contribution in [2.75, 3.05) is 24.6 Å². The molecule has 22 heavy (non-hydrogen) atoms. The largest absolute Gasteiger partial charge is 0.376 e. The Balaban J connectivity index is 1.56. The van der Waals surface area contributed by atoms with E-state index in [-0.39, 0.29) is 30.3 Å². The molecule has 2 atom stereocenters. The molecule has 0 unspecified atom stereocenters. The maximum atomic E-state index is 12.2. The molecule has 3 rings (SSSR count). The number of carbonyl (C=O) groups is 2. The third kappa shape index (κ3) is 3.42. The summed E-state index contributed by atoms with van der Waals surface area (Å²) in [6, 6.07) is 7.09. The fourth-order valence-corrected chi connectivity index (χ4v) is 3.04. The molecule has 0 saturated carbocycles. The van der Waals surface area contributed by atoms with Gasteiger partial charge in [0.25, 0.3) is 0 Å². The van der Waals surface area contributed by atoms with Gasteiger partial charge in [-0.25, -0.2) is 0 Å². The van der Waals surface area contributed by atoms with Gasteiger partial charge in [0.2, 0.25) is 11.8 Å². The number of nitrogens with one attached hydrogen (secondary N) is 1. The van der Waals surface area contributed by atoms with Crippen molar-refractivity contribution in [3.8, 4) is 0 Å². The molecule has 0 radical (unpaired) electrons. The first-order chi connectivity index (χ1) is 10.6. The maximum Gasteiger partial charge on any atom is 0.227 e. The summed E-state index contributed by atoms with van der Waals surface area (Å²) in [7, 11) is 0. The number of hydrogen-bond acceptors (Lipinski definition) is 3. The summed E-state index contributed by atoms with van der Waals surface area (Å²) in [6.07, 6.45) is 2.40. The van der Waals surface area contributed by atoms with Gasteiger partial charge < -0.3 is 15.0 Å². The van der Waals surface area contributed by atoms with Crippen LogP contribution in [0.3, 0.4) is 0 Å². The highest BCUT2D eigenvalue weighted by Gasteiger charge is 2.35. The summed E-state index contributed by atoms with van der Waals surface area (Å²) >= 11 is 5.86. The first-order valence-corrected chi connectivity index (χ1v) is 7.96. The summed E-state index contributed by atoms with van der Waals surface area (Å²) in [4.78, 5) is 26.0. The number of anilines is 1. The molecule has 2 amide bonds. The second kappa shape index (κ2) is 6.67. The van der Waals surface area contributed by atoms with E-state index < -0.39 is 0 Å². The Morgan fingerprint density at radius 3 is 2.82 bits per heavy atom. The standard InChI is InChI=1S/C16H19ClN2O3/c17-12-3-5-13(6-4-12)19-10-11(8-15(19)20)16(21)18-9-14-2-1-7-22-14/h3-6,11,14H,1-2,7-10H2,(H,18,21)/t11-,14+/m1/s1. The maximum absolute atomic E-state index is 12.2. The predicted octanol–water partition coefficient (Wildman–Crippen LogP) is 1.99. The first kappa shape index (κ1) is 15.3. The fourth-order valence-electron chi connectivity index (χ4n) is 2.92. The van der Waals surface area contributed by atoms with Crippen LogP contribution in [0.5, 0.6) is 0 Å². The van der Waals surface area contributed by atoms with E-state index in [9.17, 15) is 9.59 Å². The van der Waals surface area contributed by atoms with Crippen LogP contribution in [0.4, 0.5) is 5.69 Å². The lowest BCUT2D eigenvalue weighted by molar-refractivity contribution is -0.126. The predicted molar refractivity (Wildman–Crippen MR) is 83.9 cm³/mol. The lowest BCUT2D eigenvalue weighted by Crippen LogP contribution is -2.37. The molecule has 2 heterocycles. The Morgan fingerprint density at radius 2 is 2.14 bits per heavy atom. The number of ether oxygens (including phenoxy) is 1. The molecule has 0 bridgehead atoms. The monoisotopic (exact) mass is 322 g/mol. The van der Waals surface area contributed by atoms with E-state index in [0.29, 0.717) is 18.1 Å². The summed E-state index contributed by atoms with van der Waals surface area (Å²) in [5.41, 5.74) is 0.781. The minimum absolute atomic E-state index is 0.0282. The molecule has 118 valence electrons. The van der Waals surface area contributed by atoms with Gasteiger partial charge in [-0.05, 0) is 37.1 Å². The second-order valence-corrected chi connectivity index (χ2v) is 6.20. The van der Waals surface area contributed by atoms with E-state index in [1.54, 1.807) is 29.2 Å². The van der Waals surface area contributed by atoms with Crippen LogP contribution in [-0.4, -0.2) is 37.6 Å². The molecular weight excluding hydrogens is 304 g/mol. The lowest BCUT2D eigenvalue weighted by Gasteiger charge is -2.17. The Bertz CT molecular complexity index is 555. The van der Waals surface area contributed by atoms with E-state index in [4.69, 9.17) is 16.3 Å². The van der Waals surface area contributed by atoms with Gasteiger partial charge in [0.15, 0.2) is 0 Å². The Labute approximate surface area is 134 Å². The molecule has 1 aromatic carbocycles. The smallest absolute Gasteiger partial charge is 0.227 e. The van der Waals surface area contributed by atoms with Gasteiger partial charge in [-0.15, -0.1) is 0 Å². The van der Waals surface area contributed by atoms with Gasteiger partial charge in [-0.1, -0.05) is 11.6 Å². The van der Waals surface area contributed by atoms with Gasteiger partial charge in [0.1, 0.15) is 0 Å². The number of hydrogen-bond donors (Lipinski definition) is 1. The number of carbonyl (C=O) groups excluding carboxylic acids is 2. The number of halogens is 1. The zero-order chi connectivity index (χ0) is 15.5. The molecule has 0 aliphatic carbocycles. The third-order valence-corrected chi connectivity index (χ3v) is 4.41. The van der Waals surface area contributed by atoms with Gasteiger partial charge in [-0.3, -0.25) is 9.59 Å². The van der Waals surface area contributed by atoms with E-state index in [0.717, 1.165) is 25.1 Å². The summed E-state index contributed by atoms with van der Waals surface area (Å²) in [5, 5.41) is 3.53. The summed E-state index contributed by atoms with van der Waals surface area (Å²) in [5.74, 6) is -0.399. The Hall–Kier alpha value is -1.59. The third-order valence-electron chi connectivity index (χ3n) is 4.16. The van der Waals surface area contributed by atoms with E-state index in [1.807, 2.05) is 0 Å². The molecule has 2 aliphatic heterocycles. The molecule has 1 N–H and O–H groups in total. The van der Waals surface area contributed by atoms with E-state index in [1.165, 1.54) is 0 Å². The zero-order valence-corrected chi connectivity index (χ0v) is 13.0. The second-order valence-electron chi connectivity index (χ2n) is 5.76. The topological polar surface area (TPSA) is 58.6 Å². The Kier molecular flexibility index (Phi) is 4.64. The molecule has 2 aliphatic rings. The normalized spacial score (nSPS) is 24.8. The van der Waals surface area contributed by atoms with Crippen molar-refractivity contribution < 1.29 is 14.3 Å². The molecule has 5 nitrogen and oxygen atoms in total. The van der Waals surface area contributed by atoms with Crippen LogP contribution in [0.25, 0.3) is 0 Å². The van der Waals surface area contributed by atoms with Crippen LogP contribution in [0, 0.1) is 5.92 Å². The minimum atomic E-state index is -0.301. The van der Waals surface area contributed by atoms with Crippen LogP contribution in [0.2, 0.25) is 5.02 Å². The van der Waals surface area contributed by atoms with Crippen molar-refractivity contribution in [2.45, 2.75) is 25.4 Å². The number of rotatable bonds is 4. The fraction of sp³-hybridized carbons (Fsp3) is 0.500. The average molecular weight is 323 g/mol. The van der Waals surface area contributed by atoms with Crippen molar-refractivity contribution in [1.82, 2.24) is 5.32 Å². The van der Waals surface area contributed by atoms with Crippen molar-refractivity contribution in [3.05, 3.63) is 29.3 Å². The number of amides is 2. The highest BCUT2D eigenvalue weighted by Crippen LogP contribution is 2.26. The van der Waals surface area contributed by atoms with Crippen LogP contribution < -0.4 is 10.2 Å². The minimum Gasteiger partial charge on any atom is -0.376 e. The SMILES string of the molecule is O=C(NC[C@@H]1CCCO1)[C@@H]1CC(=O)N(c2ccc(Cl)cc2)C1.